The second kappa shape index (κ2) is 6.42. The van der Waals surface area contributed by atoms with Crippen LogP contribution in [0, 0.1) is 13.8 Å². The van der Waals surface area contributed by atoms with Gasteiger partial charge in [0.1, 0.15) is 0 Å². The fourth-order valence-electron chi connectivity index (χ4n) is 2.54. The van der Waals surface area contributed by atoms with Crippen molar-refractivity contribution in [3.05, 3.63) is 47.7 Å². The minimum atomic E-state index is -0.304. The Bertz CT molecular complexity index is 858. The van der Waals surface area contributed by atoms with Gasteiger partial charge >= 0.3 is 0 Å². The second-order valence-electron chi connectivity index (χ2n) is 5.40. The molecule has 0 aliphatic rings. The van der Waals surface area contributed by atoms with Gasteiger partial charge in [0, 0.05) is 17.7 Å². The molecule has 1 amide bonds. The van der Waals surface area contributed by atoms with Crippen LogP contribution in [-0.4, -0.2) is 26.3 Å². The van der Waals surface area contributed by atoms with Crippen molar-refractivity contribution in [3.8, 4) is 11.3 Å². The number of aryl methyl sites for hydroxylation is 2. The summed E-state index contributed by atoms with van der Waals surface area (Å²) >= 11 is 1.50. The second-order valence-corrected chi connectivity index (χ2v) is 6.46. The van der Waals surface area contributed by atoms with Crippen LogP contribution in [0.1, 0.15) is 17.7 Å². The Kier molecular flexibility index (Phi) is 4.34. The van der Waals surface area contributed by atoms with E-state index in [1.165, 1.54) is 11.8 Å². The maximum Gasteiger partial charge on any atom is 0.218 e. The molecule has 118 valence electrons. The van der Waals surface area contributed by atoms with E-state index >= 15 is 0 Å². The van der Waals surface area contributed by atoms with E-state index < -0.39 is 0 Å². The molecule has 0 bridgehead atoms. The smallest absolute Gasteiger partial charge is 0.218 e. The predicted molar refractivity (Wildman–Crippen MR) is 92.4 cm³/mol. The van der Waals surface area contributed by atoms with Crippen molar-refractivity contribution in [1.29, 1.82) is 0 Å². The van der Waals surface area contributed by atoms with Crippen molar-refractivity contribution in [3.63, 3.8) is 0 Å². The van der Waals surface area contributed by atoms with Crippen LogP contribution in [0.5, 0.6) is 0 Å². The molecule has 2 N–H and O–H groups in total. The normalized spacial score (nSPS) is 11.0. The Labute approximate surface area is 138 Å². The fourth-order valence-corrected chi connectivity index (χ4v) is 3.44. The highest BCUT2D eigenvalue weighted by Gasteiger charge is 2.16. The van der Waals surface area contributed by atoms with Crippen LogP contribution in [0.2, 0.25) is 0 Å². The number of carbonyl (C=O) groups is 1. The lowest BCUT2D eigenvalue weighted by Gasteiger charge is -2.04. The summed E-state index contributed by atoms with van der Waals surface area (Å²) in [6.07, 6.45) is 0.324. The van der Waals surface area contributed by atoms with Gasteiger partial charge in [-0.15, -0.1) is 0 Å². The maximum absolute atomic E-state index is 11.0. The van der Waals surface area contributed by atoms with Crippen LogP contribution in [0.15, 0.2) is 41.6 Å². The number of imidazole rings is 1. The van der Waals surface area contributed by atoms with Crippen LogP contribution in [0.3, 0.4) is 0 Å². The van der Waals surface area contributed by atoms with Crippen molar-refractivity contribution in [2.75, 3.05) is 5.75 Å². The first-order chi connectivity index (χ1) is 11.1. The van der Waals surface area contributed by atoms with E-state index in [0.29, 0.717) is 12.2 Å². The summed E-state index contributed by atoms with van der Waals surface area (Å²) in [5.74, 6) is 0.291. The maximum atomic E-state index is 11.0. The molecule has 0 unspecified atom stereocenters. The number of carbonyl (C=O) groups excluding carboxylic acids is 1. The zero-order chi connectivity index (χ0) is 16.4. The number of aromatic nitrogens is 3. The zero-order valence-electron chi connectivity index (χ0n) is 13.1. The molecule has 1 aromatic carbocycles. The van der Waals surface area contributed by atoms with Crippen molar-refractivity contribution in [2.24, 2.45) is 5.73 Å². The number of fused-ring (bicyclic) bond motifs is 1. The van der Waals surface area contributed by atoms with Gasteiger partial charge in [0.25, 0.3) is 0 Å². The Balaban J connectivity index is 2.11. The molecule has 5 nitrogen and oxygen atoms in total. The number of hydrogen-bond acceptors (Lipinski definition) is 4. The molecular formula is C17H18N4OS. The lowest BCUT2D eigenvalue weighted by atomic mass is 10.1. The van der Waals surface area contributed by atoms with E-state index in [9.17, 15) is 4.79 Å². The average molecular weight is 326 g/mol. The number of nitrogens with two attached hydrogens (primary N) is 1. The lowest BCUT2D eigenvalue weighted by Crippen LogP contribution is -2.11. The van der Waals surface area contributed by atoms with Gasteiger partial charge < -0.3 is 5.73 Å². The van der Waals surface area contributed by atoms with E-state index in [1.807, 2.05) is 41.8 Å². The molecule has 0 saturated heterocycles. The number of rotatable bonds is 5. The third-order valence-electron chi connectivity index (χ3n) is 3.51. The first-order valence-electron chi connectivity index (χ1n) is 7.40. The third-order valence-corrected chi connectivity index (χ3v) is 4.44. The Morgan fingerprint density at radius 1 is 1.26 bits per heavy atom. The molecule has 3 rings (SSSR count). The van der Waals surface area contributed by atoms with E-state index in [-0.39, 0.29) is 5.91 Å². The molecule has 0 aliphatic carbocycles. The highest BCUT2D eigenvalue weighted by atomic mass is 32.2. The highest BCUT2D eigenvalue weighted by molar-refractivity contribution is 7.99. The summed E-state index contributed by atoms with van der Waals surface area (Å²) in [7, 11) is 0. The molecule has 0 spiro atoms. The van der Waals surface area contributed by atoms with Crippen molar-refractivity contribution < 1.29 is 4.79 Å². The van der Waals surface area contributed by atoms with E-state index in [2.05, 4.69) is 18.1 Å². The number of nitrogens with zero attached hydrogens (tertiary/aromatic N) is 3. The summed E-state index contributed by atoms with van der Waals surface area (Å²) in [5, 5.41) is 5.38. The van der Waals surface area contributed by atoms with Crippen LogP contribution in [0.4, 0.5) is 0 Å². The standard InChI is InChI=1S/C17H18N4OS/c1-11-10-12(2)20-21-16(11)15(13-6-4-3-5-7-13)19-17(21)23-9-8-14(18)22/h3-7,10H,8-9H2,1-2H3,(H2,18,22). The van der Waals surface area contributed by atoms with Crippen molar-refractivity contribution in [1.82, 2.24) is 14.6 Å². The van der Waals surface area contributed by atoms with Gasteiger partial charge in [-0.05, 0) is 25.5 Å². The average Bonchev–Trinajstić information content (AvgIpc) is 2.87. The van der Waals surface area contributed by atoms with Gasteiger partial charge in [-0.1, -0.05) is 42.1 Å². The molecule has 0 aliphatic heterocycles. The lowest BCUT2D eigenvalue weighted by molar-refractivity contribution is -0.117. The summed E-state index contributed by atoms with van der Waals surface area (Å²) in [4.78, 5) is 15.7. The highest BCUT2D eigenvalue weighted by Crippen LogP contribution is 2.30. The topological polar surface area (TPSA) is 73.3 Å². The molecule has 23 heavy (non-hydrogen) atoms. The van der Waals surface area contributed by atoms with E-state index in [0.717, 1.165) is 33.2 Å². The number of hydrogen-bond donors (Lipinski definition) is 1. The molecule has 2 aromatic heterocycles. The molecule has 0 fully saturated rings. The Morgan fingerprint density at radius 2 is 2.00 bits per heavy atom. The van der Waals surface area contributed by atoms with Crippen LogP contribution >= 0.6 is 11.8 Å². The molecule has 0 radical (unpaired) electrons. The number of amides is 1. The SMILES string of the molecule is Cc1cc(C)c2c(-c3ccccc3)nc(SCCC(N)=O)n2n1. The first-order valence-corrected chi connectivity index (χ1v) is 8.38. The largest absolute Gasteiger partial charge is 0.370 e. The summed E-state index contributed by atoms with van der Waals surface area (Å²) in [5.41, 5.74) is 10.3. The minimum absolute atomic E-state index is 0.304. The monoisotopic (exact) mass is 326 g/mol. The van der Waals surface area contributed by atoms with Crippen LogP contribution in [-0.2, 0) is 4.79 Å². The summed E-state index contributed by atoms with van der Waals surface area (Å²) < 4.78 is 1.87. The molecule has 3 aromatic rings. The predicted octanol–water partition coefficient (Wildman–Crippen LogP) is 2.98. The summed E-state index contributed by atoms with van der Waals surface area (Å²) in [6, 6.07) is 12.1. The van der Waals surface area contributed by atoms with Crippen molar-refractivity contribution >= 4 is 23.2 Å². The zero-order valence-corrected chi connectivity index (χ0v) is 13.9. The minimum Gasteiger partial charge on any atom is -0.370 e. The molecule has 2 heterocycles. The number of benzene rings is 1. The molecule has 6 heteroatoms. The summed E-state index contributed by atoms with van der Waals surface area (Å²) in [6.45, 7) is 4.03. The van der Waals surface area contributed by atoms with Crippen LogP contribution in [0.25, 0.3) is 16.8 Å². The molecule has 0 saturated carbocycles. The molecular weight excluding hydrogens is 308 g/mol. The van der Waals surface area contributed by atoms with E-state index in [1.54, 1.807) is 0 Å². The van der Waals surface area contributed by atoms with Gasteiger partial charge in [0.05, 0.1) is 16.9 Å². The fraction of sp³-hybridized carbons (Fsp3) is 0.235. The van der Waals surface area contributed by atoms with Gasteiger partial charge in [-0.3, -0.25) is 4.79 Å². The van der Waals surface area contributed by atoms with Gasteiger partial charge in [-0.25, -0.2) is 9.50 Å². The molecule has 0 atom stereocenters. The first kappa shape index (κ1) is 15.6. The third kappa shape index (κ3) is 3.22. The van der Waals surface area contributed by atoms with E-state index in [4.69, 9.17) is 10.7 Å². The number of thioether (sulfide) groups is 1. The van der Waals surface area contributed by atoms with Gasteiger partial charge in [0.2, 0.25) is 5.91 Å². The number of primary amides is 1. The van der Waals surface area contributed by atoms with Crippen molar-refractivity contribution in [2.45, 2.75) is 25.4 Å². The Hall–Kier alpha value is -2.34. The van der Waals surface area contributed by atoms with Crippen LogP contribution < -0.4 is 5.73 Å². The quantitative estimate of drug-likeness (QED) is 0.732. The Morgan fingerprint density at radius 3 is 2.70 bits per heavy atom. The van der Waals surface area contributed by atoms with Gasteiger partial charge in [0.15, 0.2) is 5.16 Å². The van der Waals surface area contributed by atoms with Gasteiger partial charge in [-0.2, -0.15) is 5.10 Å².